The highest BCUT2D eigenvalue weighted by Crippen LogP contribution is 2.21. The molecule has 3 aromatic rings. The van der Waals surface area contributed by atoms with Crippen LogP contribution in [0.4, 0.5) is 5.69 Å². The van der Waals surface area contributed by atoms with Gasteiger partial charge in [-0.15, -0.1) is 11.3 Å². The molecule has 0 spiro atoms. The first-order valence-corrected chi connectivity index (χ1v) is 6.89. The summed E-state index contributed by atoms with van der Waals surface area (Å²) in [4.78, 5) is 8.83. The lowest BCUT2D eigenvalue weighted by molar-refractivity contribution is 1.17. The summed E-state index contributed by atoms with van der Waals surface area (Å²) in [5.74, 6) is 0.937. The van der Waals surface area contributed by atoms with Gasteiger partial charge in [0.1, 0.15) is 5.82 Å². The summed E-state index contributed by atoms with van der Waals surface area (Å²) < 4.78 is 0. The monoisotopic (exact) mass is 277 g/mol. The lowest BCUT2D eigenvalue weighted by Crippen LogP contribution is -1.96. The molecule has 0 unspecified atom stereocenters. The highest BCUT2D eigenvalue weighted by molar-refractivity contribution is 7.10. The molecule has 18 heavy (non-hydrogen) atoms. The van der Waals surface area contributed by atoms with Crippen molar-refractivity contribution in [2.75, 3.05) is 5.32 Å². The summed E-state index contributed by atoms with van der Waals surface area (Å²) in [7, 11) is 0. The van der Waals surface area contributed by atoms with E-state index in [2.05, 4.69) is 21.4 Å². The molecule has 3 nitrogen and oxygen atoms in total. The van der Waals surface area contributed by atoms with E-state index in [0.29, 0.717) is 0 Å². The smallest absolute Gasteiger partial charge is 0.104 e. The van der Waals surface area contributed by atoms with Crippen LogP contribution in [0.25, 0.3) is 11.0 Å². The van der Waals surface area contributed by atoms with Crippen LogP contribution in [0.2, 0.25) is 5.02 Å². The van der Waals surface area contributed by atoms with Crippen LogP contribution >= 0.6 is 22.9 Å². The zero-order chi connectivity index (χ0) is 12.5. The number of fused-ring (bicyclic) bond motifs is 1. The van der Waals surface area contributed by atoms with Crippen molar-refractivity contribution in [3.05, 3.63) is 45.4 Å². The molecule has 0 amide bonds. The number of H-pyrrole nitrogens is 1. The molecule has 0 saturated heterocycles. The molecule has 2 N–H and O–H groups in total. The molecule has 0 aliphatic rings. The fraction of sp³-hybridized carbons (Fsp3) is 0.154. The Morgan fingerprint density at radius 2 is 2.28 bits per heavy atom. The third-order valence-corrected chi connectivity index (χ3v) is 3.97. The lowest BCUT2D eigenvalue weighted by Gasteiger charge is -2.04. The highest BCUT2D eigenvalue weighted by atomic mass is 35.5. The number of imidazole rings is 1. The molecule has 0 saturated carbocycles. The number of hydrogen-bond acceptors (Lipinski definition) is 3. The number of aromatic amines is 1. The number of anilines is 1. The number of nitrogens with one attached hydrogen (secondary N) is 2. The zero-order valence-electron chi connectivity index (χ0n) is 9.83. The minimum atomic E-state index is 0.788. The molecular weight excluding hydrogens is 266 g/mol. The second kappa shape index (κ2) is 4.63. The Balaban J connectivity index is 1.78. The van der Waals surface area contributed by atoms with Gasteiger partial charge in [0, 0.05) is 22.5 Å². The molecule has 1 aromatic carbocycles. The Hall–Kier alpha value is -1.52. The Labute approximate surface area is 114 Å². The number of thiophene rings is 1. The fourth-order valence-electron chi connectivity index (χ4n) is 1.88. The minimum absolute atomic E-state index is 0.788. The standard InChI is InChI=1S/C13H12ClN3S/c1-8-16-12-3-2-10(5-13(12)17-8)15-6-11-4-9(14)7-18-11/h2-5,7,15H,6H2,1H3,(H,16,17). The predicted octanol–water partition coefficient (Wildman–Crippen LogP) is 4.20. The van der Waals surface area contributed by atoms with Crippen molar-refractivity contribution in [1.29, 1.82) is 0 Å². The van der Waals surface area contributed by atoms with Gasteiger partial charge in [-0.2, -0.15) is 0 Å². The summed E-state index contributed by atoms with van der Waals surface area (Å²) in [6.07, 6.45) is 0. The number of nitrogens with zero attached hydrogens (tertiary/aromatic N) is 1. The van der Waals surface area contributed by atoms with Gasteiger partial charge in [0.15, 0.2) is 0 Å². The van der Waals surface area contributed by atoms with E-state index in [1.165, 1.54) is 4.88 Å². The maximum Gasteiger partial charge on any atom is 0.104 e. The second-order valence-corrected chi connectivity index (χ2v) is 5.57. The van der Waals surface area contributed by atoms with Gasteiger partial charge in [-0.05, 0) is 31.2 Å². The summed E-state index contributed by atoms with van der Waals surface area (Å²) in [5, 5.41) is 6.13. The number of hydrogen-bond donors (Lipinski definition) is 2. The van der Waals surface area contributed by atoms with Crippen LogP contribution in [-0.2, 0) is 6.54 Å². The highest BCUT2D eigenvalue weighted by Gasteiger charge is 2.02. The van der Waals surface area contributed by atoms with E-state index in [-0.39, 0.29) is 0 Å². The molecule has 92 valence electrons. The number of benzene rings is 1. The minimum Gasteiger partial charge on any atom is -0.380 e. The molecule has 3 rings (SSSR count). The molecule has 2 aromatic heterocycles. The van der Waals surface area contributed by atoms with Crippen LogP contribution in [0.1, 0.15) is 10.7 Å². The van der Waals surface area contributed by atoms with E-state index in [0.717, 1.165) is 34.1 Å². The van der Waals surface area contributed by atoms with Crippen molar-refractivity contribution in [3.8, 4) is 0 Å². The van der Waals surface area contributed by atoms with Gasteiger partial charge >= 0.3 is 0 Å². The number of aromatic nitrogens is 2. The van der Waals surface area contributed by atoms with Crippen LogP contribution in [-0.4, -0.2) is 9.97 Å². The van der Waals surface area contributed by atoms with Crippen LogP contribution in [0.5, 0.6) is 0 Å². The topological polar surface area (TPSA) is 40.7 Å². The van der Waals surface area contributed by atoms with Gasteiger partial charge < -0.3 is 10.3 Å². The SMILES string of the molecule is Cc1nc2ccc(NCc3cc(Cl)cs3)cc2[nH]1. The van der Waals surface area contributed by atoms with E-state index in [4.69, 9.17) is 11.6 Å². The molecule has 0 aliphatic carbocycles. The van der Waals surface area contributed by atoms with E-state index in [1.54, 1.807) is 11.3 Å². The van der Waals surface area contributed by atoms with Gasteiger partial charge in [0.25, 0.3) is 0 Å². The van der Waals surface area contributed by atoms with E-state index in [1.807, 2.05) is 30.5 Å². The van der Waals surface area contributed by atoms with Crippen molar-refractivity contribution in [2.45, 2.75) is 13.5 Å². The Bertz CT molecular complexity index is 686. The lowest BCUT2D eigenvalue weighted by atomic mass is 10.2. The fourth-order valence-corrected chi connectivity index (χ4v) is 2.90. The van der Waals surface area contributed by atoms with Crippen LogP contribution in [0.15, 0.2) is 29.6 Å². The average Bonchev–Trinajstić information content (AvgIpc) is 2.90. The largest absolute Gasteiger partial charge is 0.380 e. The van der Waals surface area contributed by atoms with E-state index in [9.17, 15) is 0 Å². The number of aryl methyl sites for hydroxylation is 1. The van der Waals surface area contributed by atoms with Gasteiger partial charge in [-0.3, -0.25) is 0 Å². The summed E-state index contributed by atoms with van der Waals surface area (Å²) >= 11 is 7.55. The normalized spacial score (nSPS) is 11.0. The molecule has 0 atom stereocenters. The van der Waals surface area contributed by atoms with Gasteiger partial charge in [0.05, 0.1) is 16.1 Å². The van der Waals surface area contributed by atoms with Crippen LogP contribution < -0.4 is 5.32 Å². The van der Waals surface area contributed by atoms with Crippen molar-refractivity contribution < 1.29 is 0 Å². The first-order chi connectivity index (χ1) is 8.70. The van der Waals surface area contributed by atoms with Gasteiger partial charge in [-0.25, -0.2) is 4.98 Å². The van der Waals surface area contributed by atoms with Crippen molar-refractivity contribution in [2.24, 2.45) is 0 Å². The van der Waals surface area contributed by atoms with Crippen LogP contribution in [0.3, 0.4) is 0 Å². The molecule has 0 bridgehead atoms. The van der Waals surface area contributed by atoms with E-state index < -0.39 is 0 Å². The zero-order valence-corrected chi connectivity index (χ0v) is 11.4. The molecule has 0 radical (unpaired) electrons. The second-order valence-electron chi connectivity index (χ2n) is 4.14. The maximum absolute atomic E-state index is 5.89. The number of halogens is 1. The van der Waals surface area contributed by atoms with Gasteiger partial charge in [0.2, 0.25) is 0 Å². The summed E-state index contributed by atoms with van der Waals surface area (Å²) in [5.41, 5.74) is 3.13. The maximum atomic E-state index is 5.89. The molecule has 2 heterocycles. The molecule has 0 fully saturated rings. The molecule has 5 heteroatoms. The third kappa shape index (κ3) is 2.35. The van der Waals surface area contributed by atoms with Crippen molar-refractivity contribution in [1.82, 2.24) is 9.97 Å². The first-order valence-electron chi connectivity index (χ1n) is 5.64. The van der Waals surface area contributed by atoms with E-state index >= 15 is 0 Å². The summed E-state index contributed by atoms with van der Waals surface area (Å²) in [6, 6.07) is 8.11. The quantitative estimate of drug-likeness (QED) is 0.753. The molecule has 0 aliphatic heterocycles. The Morgan fingerprint density at radius 3 is 3.06 bits per heavy atom. The first kappa shape index (κ1) is 11.6. The third-order valence-electron chi connectivity index (χ3n) is 2.69. The number of rotatable bonds is 3. The van der Waals surface area contributed by atoms with Crippen LogP contribution in [0, 0.1) is 6.92 Å². The van der Waals surface area contributed by atoms with Gasteiger partial charge in [-0.1, -0.05) is 11.6 Å². The summed E-state index contributed by atoms with van der Waals surface area (Å²) in [6.45, 7) is 2.75. The van der Waals surface area contributed by atoms with Crippen molar-refractivity contribution in [3.63, 3.8) is 0 Å². The predicted molar refractivity (Wildman–Crippen MR) is 77.5 cm³/mol. The Kier molecular flexibility index (Phi) is 2.97. The van der Waals surface area contributed by atoms with Crippen molar-refractivity contribution >= 4 is 39.7 Å². The average molecular weight is 278 g/mol. The molecular formula is C13H12ClN3S. The Morgan fingerprint density at radius 1 is 1.39 bits per heavy atom.